The summed E-state index contributed by atoms with van der Waals surface area (Å²) in [5.41, 5.74) is 3.80. The van der Waals surface area contributed by atoms with Crippen LogP contribution in [0.25, 0.3) is 22.1 Å². The molecule has 0 aliphatic carbocycles. The Kier molecular flexibility index (Phi) is 3.97. The molecule has 7 nitrogen and oxygen atoms in total. The number of aromatic nitrogens is 3. The molecule has 1 saturated heterocycles. The SMILES string of the molecule is O=C(NCC1CCCN1c1nc2ccccc2o1)c1ccc2nsnc2c1. The summed E-state index contributed by atoms with van der Waals surface area (Å²) >= 11 is 1.15. The first kappa shape index (κ1) is 16.2. The van der Waals surface area contributed by atoms with Gasteiger partial charge in [-0.25, -0.2) is 0 Å². The zero-order chi connectivity index (χ0) is 18.2. The smallest absolute Gasteiger partial charge is 0.298 e. The summed E-state index contributed by atoms with van der Waals surface area (Å²) in [7, 11) is 0. The van der Waals surface area contributed by atoms with Crippen LogP contribution in [-0.4, -0.2) is 38.8 Å². The average Bonchev–Trinajstić information content (AvgIpc) is 3.43. The fourth-order valence-electron chi connectivity index (χ4n) is 3.52. The van der Waals surface area contributed by atoms with Crippen LogP contribution in [0.15, 0.2) is 46.9 Å². The second-order valence-electron chi connectivity index (χ2n) is 6.63. The van der Waals surface area contributed by atoms with Gasteiger partial charge in [-0.05, 0) is 43.2 Å². The Morgan fingerprint density at radius 3 is 3.00 bits per heavy atom. The highest BCUT2D eigenvalue weighted by Gasteiger charge is 2.28. The van der Waals surface area contributed by atoms with Crippen LogP contribution in [-0.2, 0) is 0 Å². The van der Waals surface area contributed by atoms with Gasteiger partial charge >= 0.3 is 0 Å². The highest BCUT2D eigenvalue weighted by atomic mass is 32.1. The third-order valence-corrected chi connectivity index (χ3v) is 5.48. The third-order valence-electron chi connectivity index (χ3n) is 4.92. The predicted molar refractivity (Wildman–Crippen MR) is 104 cm³/mol. The molecule has 1 aliphatic rings. The monoisotopic (exact) mass is 379 g/mol. The minimum Gasteiger partial charge on any atom is -0.423 e. The Bertz CT molecular complexity index is 1090. The molecule has 2 aromatic carbocycles. The van der Waals surface area contributed by atoms with Crippen molar-refractivity contribution >= 4 is 45.8 Å². The second-order valence-corrected chi connectivity index (χ2v) is 7.16. The van der Waals surface area contributed by atoms with Gasteiger partial charge in [0.25, 0.3) is 11.9 Å². The van der Waals surface area contributed by atoms with Gasteiger partial charge in [0.1, 0.15) is 16.6 Å². The molecule has 136 valence electrons. The number of benzene rings is 2. The van der Waals surface area contributed by atoms with Crippen molar-refractivity contribution in [3.05, 3.63) is 48.0 Å². The zero-order valence-electron chi connectivity index (χ0n) is 14.5. The largest absolute Gasteiger partial charge is 0.423 e. The van der Waals surface area contributed by atoms with Gasteiger partial charge in [-0.1, -0.05) is 12.1 Å². The minimum atomic E-state index is -0.102. The lowest BCUT2D eigenvalue weighted by Gasteiger charge is -2.23. The van der Waals surface area contributed by atoms with Crippen LogP contribution < -0.4 is 10.2 Å². The molecule has 8 heteroatoms. The highest BCUT2D eigenvalue weighted by molar-refractivity contribution is 7.00. The summed E-state index contributed by atoms with van der Waals surface area (Å²) in [4.78, 5) is 19.3. The topological polar surface area (TPSA) is 84.2 Å². The van der Waals surface area contributed by atoms with E-state index in [0.29, 0.717) is 18.1 Å². The molecule has 2 aromatic heterocycles. The highest BCUT2D eigenvalue weighted by Crippen LogP contribution is 2.28. The van der Waals surface area contributed by atoms with Crippen molar-refractivity contribution in [2.75, 3.05) is 18.0 Å². The Morgan fingerprint density at radius 1 is 1.19 bits per heavy atom. The molecule has 1 N–H and O–H groups in total. The molecule has 0 saturated carbocycles. The van der Waals surface area contributed by atoms with Crippen molar-refractivity contribution in [2.24, 2.45) is 0 Å². The maximum absolute atomic E-state index is 12.5. The van der Waals surface area contributed by atoms with Crippen molar-refractivity contribution in [1.29, 1.82) is 0 Å². The lowest BCUT2D eigenvalue weighted by atomic mass is 10.1. The lowest BCUT2D eigenvalue weighted by Crippen LogP contribution is -2.40. The van der Waals surface area contributed by atoms with Crippen LogP contribution in [0.1, 0.15) is 23.2 Å². The van der Waals surface area contributed by atoms with Gasteiger partial charge in [-0.3, -0.25) is 4.79 Å². The Morgan fingerprint density at radius 2 is 2.07 bits per heavy atom. The van der Waals surface area contributed by atoms with E-state index in [1.54, 1.807) is 12.1 Å². The molecule has 27 heavy (non-hydrogen) atoms. The molecule has 4 aromatic rings. The second kappa shape index (κ2) is 6.62. The van der Waals surface area contributed by atoms with Crippen molar-refractivity contribution in [2.45, 2.75) is 18.9 Å². The predicted octanol–water partition coefficient (Wildman–Crippen LogP) is 3.23. The van der Waals surface area contributed by atoms with Gasteiger partial charge in [0.05, 0.1) is 17.8 Å². The summed E-state index contributed by atoms with van der Waals surface area (Å²) in [6.07, 6.45) is 2.05. The normalized spacial score (nSPS) is 17.0. The molecule has 1 aliphatic heterocycles. The van der Waals surface area contributed by atoms with E-state index in [1.165, 1.54) is 0 Å². The number of fused-ring (bicyclic) bond motifs is 2. The van der Waals surface area contributed by atoms with Crippen LogP contribution in [0.4, 0.5) is 6.01 Å². The molecule has 1 atom stereocenters. The van der Waals surface area contributed by atoms with Crippen molar-refractivity contribution in [3.8, 4) is 0 Å². The minimum absolute atomic E-state index is 0.102. The van der Waals surface area contributed by atoms with E-state index in [-0.39, 0.29) is 11.9 Å². The molecule has 0 radical (unpaired) electrons. The van der Waals surface area contributed by atoms with E-state index in [4.69, 9.17) is 4.42 Å². The maximum atomic E-state index is 12.5. The number of hydrogen-bond acceptors (Lipinski definition) is 7. The summed E-state index contributed by atoms with van der Waals surface area (Å²) in [5.74, 6) is -0.102. The fraction of sp³-hybridized carbons (Fsp3) is 0.263. The number of hydrogen-bond donors (Lipinski definition) is 1. The van der Waals surface area contributed by atoms with Gasteiger partial charge in [-0.15, -0.1) is 0 Å². The van der Waals surface area contributed by atoms with E-state index in [9.17, 15) is 4.79 Å². The van der Waals surface area contributed by atoms with Crippen LogP contribution in [0.3, 0.4) is 0 Å². The van der Waals surface area contributed by atoms with Gasteiger partial charge in [-0.2, -0.15) is 13.7 Å². The lowest BCUT2D eigenvalue weighted by molar-refractivity contribution is 0.0951. The first-order chi connectivity index (χ1) is 13.3. The van der Waals surface area contributed by atoms with Crippen LogP contribution in [0.5, 0.6) is 0 Å². The summed E-state index contributed by atoms with van der Waals surface area (Å²) in [6, 6.07) is 13.9. The first-order valence-corrected chi connectivity index (χ1v) is 9.64. The van der Waals surface area contributed by atoms with Gasteiger partial charge in [0, 0.05) is 18.7 Å². The number of oxazole rings is 1. The number of carbonyl (C=O) groups excluding carboxylic acids is 1. The van der Waals surface area contributed by atoms with Crippen LogP contribution in [0, 0.1) is 0 Å². The van der Waals surface area contributed by atoms with E-state index in [1.807, 2.05) is 30.3 Å². The van der Waals surface area contributed by atoms with Crippen molar-refractivity contribution < 1.29 is 9.21 Å². The Hall–Kier alpha value is -3.00. The number of anilines is 1. The molecule has 1 fully saturated rings. The van der Waals surface area contributed by atoms with E-state index in [0.717, 1.165) is 53.2 Å². The third kappa shape index (κ3) is 3.02. The zero-order valence-corrected chi connectivity index (χ0v) is 15.3. The van der Waals surface area contributed by atoms with Crippen molar-refractivity contribution in [1.82, 2.24) is 19.0 Å². The first-order valence-electron chi connectivity index (χ1n) is 8.91. The number of para-hydroxylation sites is 2. The number of nitrogens with one attached hydrogen (secondary N) is 1. The number of carbonyl (C=O) groups is 1. The van der Waals surface area contributed by atoms with Gasteiger partial charge < -0.3 is 14.6 Å². The van der Waals surface area contributed by atoms with E-state index >= 15 is 0 Å². The molecule has 0 spiro atoms. The van der Waals surface area contributed by atoms with E-state index in [2.05, 4.69) is 23.9 Å². The molecule has 1 unspecified atom stereocenters. The molecule has 5 rings (SSSR count). The summed E-state index contributed by atoms with van der Waals surface area (Å²) < 4.78 is 14.3. The number of rotatable bonds is 4. The molecular weight excluding hydrogens is 362 g/mol. The van der Waals surface area contributed by atoms with Crippen LogP contribution >= 0.6 is 11.7 Å². The molecule has 0 bridgehead atoms. The van der Waals surface area contributed by atoms with Crippen molar-refractivity contribution in [3.63, 3.8) is 0 Å². The standard InChI is InChI=1S/C19H17N5O2S/c25-18(12-7-8-14-16(10-12)23-27-22-14)20-11-13-4-3-9-24(13)19-21-15-5-1-2-6-17(15)26-19/h1-2,5-8,10,13H,3-4,9,11H2,(H,20,25). The molecule has 1 amide bonds. The number of amides is 1. The van der Waals surface area contributed by atoms with Gasteiger partial charge in [0.2, 0.25) is 0 Å². The van der Waals surface area contributed by atoms with Crippen LogP contribution in [0.2, 0.25) is 0 Å². The van der Waals surface area contributed by atoms with E-state index < -0.39 is 0 Å². The summed E-state index contributed by atoms with van der Waals surface area (Å²) in [5, 5.41) is 3.04. The fourth-order valence-corrected chi connectivity index (χ4v) is 4.04. The van der Waals surface area contributed by atoms with Gasteiger partial charge in [0.15, 0.2) is 5.58 Å². The quantitative estimate of drug-likeness (QED) is 0.586. The Balaban J connectivity index is 1.30. The molecule has 3 heterocycles. The maximum Gasteiger partial charge on any atom is 0.298 e. The molecular formula is C19H17N5O2S. The summed E-state index contributed by atoms with van der Waals surface area (Å²) in [6.45, 7) is 1.43. The Labute approximate surface area is 159 Å². The average molecular weight is 379 g/mol. The number of nitrogens with zero attached hydrogens (tertiary/aromatic N) is 4.